The van der Waals surface area contributed by atoms with Crippen molar-refractivity contribution in [1.82, 2.24) is 9.88 Å². The molecule has 0 bridgehead atoms. The number of hydrogen-bond acceptors (Lipinski definition) is 3. The van der Waals surface area contributed by atoms with Gasteiger partial charge < -0.3 is 15.2 Å². The van der Waals surface area contributed by atoms with E-state index in [-0.39, 0.29) is 11.4 Å². The molecule has 0 unspecified atom stereocenters. The molecule has 2 aromatic carbocycles. The molecular weight excluding hydrogens is 402 g/mol. The van der Waals surface area contributed by atoms with E-state index >= 15 is 0 Å². The first-order valence-corrected chi connectivity index (χ1v) is 11.5. The highest BCUT2D eigenvalue weighted by Crippen LogP contribution is 2.32. The molecule has 1 aliphatic rings. The monoisotopic (exact) mass is 431 g/mol. The molecule has 2 heterocycles. The van der Waals surface area contributed by atoms with Crippen molar-refractivity contribution in [1.29, 1.82) is 0 Å². The lowest BCUT2D eigenvalue weighted by molar-refractivity contribution is -0.116. The zero-order chi connectivity index (χ0) is 22.1. The zero-order valence-corrected chi connectivity index (χ0v) is 19.6. The molecule has 0 saturated carbocycles. The van der Waals surface area contributed by atoms with Gasteiger partial charge in [-0.3, -0.25) is 4.79 Å². The van der Waals surface area contributed by atoms with E-state index in [0.29, 0.717) is 0 Å². The van der Waals surface area contributed by atoms with Gasteiger partial charge in [-0.25, -0.2) is 0 Å². The molecule has 0 spiro atoms. The third kappa shape index (κ3) is 4.42. The highest BCUT2D eigenvalue weighted by atomic mass is 32.2. The summed E-state index contributed by atoms with van der Waals surface area (Å²) in [7, 11) is 0. The Balaban J connectivity index is 1.57. The Bertz CT molecular complexity index is 1160. The summed E-state index contributed by atoms with van der Waals surface area (Å²) in [6.07, 6.45) is 3.02. The summed E-state index contributed by atoms with van der Waals surface area (Å²) in [5.41, 5.74) is 9.16. The van der Waals surface area contributed by atoms with Crippen LogP contribution in [0.1, 0.15) is 40.6 Å². The lowest BCUT2D eigenvalue weighted by atomic mass is 10.1. The number of nitrogens with zero attached hydrogens (tertiary/aromatic N) is 1. The smallest absolute Gasteiger partial charge is 0.260 e. The molecule has 31 heavy (non-hydrogen) atoms. The molecule has 1 atom stereocenters. The maximum absolute atomic E-state index is 12.6. The second-order valence-corrected chi connectivity index (χ2v) is 9.27. The van der Waals surface area contributed by atoms with Crippen molar-refractivity contribution in [3.63, 3.8) is 0 Å². The van der Waals surface area contributed by atoms with E-state index in [9.17, 15) is 4.79 Å². The van der Waals surface area contributed by atoms with E-state index in [0.717, 1.165) is 34.0 Å². The van der Waals surface area contributed by atoms with Gasteiger partial charge in [-0.15, -0.1) is 0 Å². The van der Waals surface area contributed by atoms with Crippen molar-refractivity contribution in [3.8, 4) is 5.69 Å². The number of benzene rings is 2. The number of nitrogens with one attached hydrogen (secondary N) is 2. The molecule has 4 nitrogen and oxygen atoms in total. The van der Waals surface area contributed by atoms with Crippen molar-refractivity contribution >= 4 is 29.4 Å². The number of thioether (sulfide) groups is 1. The van der Waals surface area contributed by atoms with Crippen LogP contribution >= 0.6 is 11.8 Å². The predicted octanol–water partition coefficient (Wildman–Crippen LogP) is 5.87. The number of carbonyl (C=O) groups excluding carboxylic acids is 1. The molecule has 4 rings (SSSR count). The lowest BCUT2D eigenvalue weighted by Crippen LogP contribution is -2.30. The van der Waals surface area contributed by atoms with E-state index in [1.165, 1.54) is 34.1 Å². The zero-order valence-electron chi connectivity index (χ0n) is 18.7. The second-order valence-electron chi connectivity index (χ2n) is 8.13. The van der Waals surface area contributed by atoms with Crippen LogP contribution < -0.4 is 10.6 Å². The summed E-state index contributed by atoms with van der Waals surface area (Å²) in [6, 6.07) is 17.0. The fourth-order valence-electron chi connectivity index (χ4n) is 3.96. The Morgan fingerprint density at radius 2 is 1.81 bits per heavy atom. The molecule has 1 fully saturated rings. The van der Waals surface area contributed by atoms with Gasteiger partial charge in [0, 0.05) is 22.8 Å². The first-order valence-electron chi connectivity index (χ1n) is 10.7. The average Bonchev–Trinajstić information content (AvgIpc) is 3.22. The maximum atomic E-state index is 12.6. The molecule has 1 aromatic heterocycles. The Kier molecular flexibility index (Phi) is 5.96. The highest BCUT2D eigenvalue weighted by Gasteiger charge is 2.27. The van der Waals surface area contributed by atoms with Crippen LogP contribution in [0, 0.1) is 27.7 Å². The molecule has 3 aromatic rings. The molecule has 1 aliphatic heterocycles. The van der Waals surface area contributed by atoms with E-state index in [2.05, 4.69) is 98.4 Å². The minimum atomic E-state index is -0.172. The Morgan fingerprint density at radius 3 is 2.52 bits per heavy atom. The quantitative estimate of drug-likeness (QED) is 0.497. The van der Waals surface area contributed by atoms with E-state index in [1.54, 1.807) is 0 Å². The van der Waals surface area contributed by atoms with Gasteiger partial charge in [0.1, 0.15) is 0 Å². The van der Waals surface area contributed by atoms with Gasteiger partial charge >= 0.3 is 0 Å². The molecule has 1 saturated heterocycles. The van der Waals surface area contributed by atoms with Crippen LogP contribution in [-0.4, -0.2) is 16.0 Å². The van der Waals surface area contributed by atoms with Crippen LogP contribution in [0.5, 0.6) is 0 Å². The van der Waals surface area contributed by atoms with Crippen LogP contribution in [0.25, 0.3) is 11.8 Å². The molecule has 1 amide bonds. The number of hydrogen-bond donors (Lipinski definition) is 2. The molecule has 0 aliphatic carbocycles. The Hall–Kier alpha value is -2.92. The van der Waals surface area contributed by atoms with Gasteiger partial charge in [0.2, 0.25) is 0 Å². The SMILES string of the molecule is CCc1ccc(N[C@@H]2NC(=O)/C(=C/c3cc(C)n(-c4cc(C)ccc4C)c3C)S2)cc1. The number of amides is 1. The number of aromatic nitrogens is 1. The van der Waals surface area contributed by atoms with E-state index < -0.39 is 0 Å². The van der Waals surface area contributed by atoms with Crippen LogP contribution in [0.3, 0.4) is 0 Å². The normalized spacial score (nSPS) is 17.3. The Labute approximate surface area is 188 Å². The van der Waals surface area contributed by atoms with Crippen LogP contribution in [0.4, 0.5) is 5.69 Å². The van der Waals surface area contributed by atoms with Crippen molar-refractivity contribution in [3.05, 3.63) is 87.1 Å². The standard InChI is InChI=1S/C26H29N3OS/c1-6-20-9-11-22(12-10-20)27-26-28-25(30)24(31-26)15-21-14-18(4)29(19(21)5)23-13-16(2)7-8-17(23)3/h7-15,26-27H,6H2,1-5H3,(H,28,30)/b24-15-/t26-/m1/s1. The van der Waals surface area contributed by atoms with Gasteiger partial charge in [-0.1, -0.05) is 43.0 Å². The van der Waals surface area contributed by atoms with Gasteiger partial charge in [-0.2, -0.15) is 0 Å². The number of carbonyl (C=O) groups is 1. The van der Waals surface area contributed by atoms with Gasteiger partial charge in [-0.05, 0) is 86.7 Å². The minimum absolute atomic E-state index is 0.0378. The summed E-state index contributed by atoms with van der Waals surface area (Å²) >= 11 is 1.52. The molecular formula is C26H29N3OS. The van der Waals surface area contributed by atoms with Crippen molar-refractivity contribution in [2.75, 3.05) is 5.32 Å². The summed E-state index contributed by atoms with van der Waals surface area (Å²) in [5.74, 6) is -0.0378. The first kappa shape index (κ1) is 21.3. The van der Waals surface area contributed by atoms with Crippen LogP contribution in [0.2, 0.25) is 0 Å². The predicted molar refractivity (Wildman–Crippen MR) is 132 cm³/mol. The summed E-state index contributed by atoms with van der Waals surface area (Å²) in [6.45, 7) is 10.6. The minimum Gasteiger partial charge on any atom is -0.357 e. The van der Waals surface area contributed by atoms with E-state index in [1.807, 2.05) is 6.08 Å². The van der Waals surface area contributed by atoms with E-state index in [4.69, 9.17) is 0 Å². The van der Waals surface area contributed by atoms with Gasteiger partial charge in [0.25, 0.3) is 5.91 Å². The number of anilines is 1. The average molecular weight is 432 g/mol. The van der Waals surface area contributed by atoms with Crippen LogP contribution in [0.15, 0.2) is 53.4 Å². The first-order chi connectivity index (χ1) is 14.9. The van der Waals surface area contributed by atoms with Crippen LogP contribution in [-0.2, 0) is 11.2 Å². The van der Waals surface area contributed by atoms with Gasteiger partial charge in [0.05, 0.1) is 4.91 Å². The summed E-state index contributed by atoms with van der Waals surface area (Å²) in [5, 5.41) is 6.42. The number of aryl methyl sites for hydroxylation is 4. The summed E-state index contributed by atoms with van der Waals surface area (Å²) < 4.78 is 2.28. The molecule has 2 N–H and O–H groups in total. The van der Waals surface area contributed by atoms with Gasteiger partial charge in [0.15, 0.2) is 5.50 Å². The molecule has 160 valence electrons. The largest absolute Gasteiger partial charge is 0.357 e. The lowest BCUT2D eigenvalue weighted by Gasteiger charge is -2.13. The second kappa shape index (κ2) is 8.67. The molecule has 0 radical (unpaired) electrons. The number of rotatable bonds is 5. The highest BCUT2D eigenvalue weighted by molar-refractivity contribution is 8.05. The third-order valence-corrected chi connectivity index (χ3v) is 6.78. The Morgan fingerprint density at radius 1 is 1.06 bits per heavy atom. The van der Waals surface area contributed by atoms with Crippen molar-refractivity contribution in [2.45, 2.75) is 46.5 Å². The maximum Gasteiger partial charge on any atom is 0.260 e. The fourth-order valence-corrected chi connectivity index (χ4v) is 4.94. The third-order valence-electron chi connectivity index (χ3n) is 5.75. The van der Waals surface area contributed by atoms with Crippen molar-refractivity contribution in [2.24, 2.45) is 0 Å². The fraction of sp³-hybridized carbons (Fsp3) is 0.269. The molecule has 5 heteroatoms. The van der Waals surface area contributed by atoms with Crippen molar-refractivity contribution < 1.29 is 4.79 Å². The summed E-state index contributed by atoms with van der Waals surface area (Å²) in [4.78, 5) is 13.3. The topological polar surface area (TPSA) is 46.1 Å².